The highest BCUT2D eigenvalue weighted by Crippen LogP contribution is 2.41. The van der Waals surface area contributed by atoms with E-state index in [0.29, 0.717) is 12.1 Å². The molecule has 6 heteroatoms. The second kappa shape index (κ2) is 7.02. The first-order chi connectivity index (χ1) is 12.3. The van der Waals surface area contributed by atoms with E-state index < -0.39 is 0 Å². The second-order valence-electron chi connectivity index (χ2n) is 7.39. The van der Waals surface area contributed by atoms with Gasteiger partial charge >= 0.3 is 0 Å². The van der Waals surface area contributed by atoms with Crippen molar-refractivity contribution in [1.29, 1.82) is 0 Å². The summed E-state index contributed by atoms with van der Waals surface area (Å²) >= 11 is 0. The summed E-state index contributed by atoms with van der Waals surface area (Å²) in [4.78, 5) is 12.9. The standard InChI is InChI=1S/C20H27N3O3/c1-6-7-13-10-17(23(4)22-13)19(24)21-16-12-20(2,3)26-18-11-14(25-5)8-9-15(16)18/h8-11,16H,6-7,12H2,1-5H3,(H,21,24)/t16-/m1/s1. The number of rotatable bonds is 5. The topological polar surface area (TPSA) is 65.4 Å². The van der Waals surface area contributed by atoms with E-state index in [1.807, 2.05) is 38.1 Å². The number of carbonyl (C=O) groups excluding carboxylic acids is 1. The molecule has 1 amide bonds. The number of aryl methyl sites for hydroxylation is 2. The Bertz CT molecular complexity index is 811. The van der Waals surface area contributed by atoms with Crippen LogP contribution >= 0.6 is 0 Å². The zero-order valence-electron chi connectivity index (χ0n) is 16.1. The van der Waals surface area contributed by atoms with Crippen molar-refractivity contribution in [3.63, 3.8) is 0 Å². The minimum Gasteiger partial charge on any atom is -0.497 e. The van der Waals surface area contributed by atoms with E-state index in [0.717, 1.165) is 35.6 Å². The number of aromatic nitrogens is 2. The van der Waals surface area contributed by atoms with E-state index in [1.54, 1.807) is 18.8 Å². The van der Waals surface area contributed by atoms with Crippen LogP contribution in [-0.2, 0) is 13.5 Å². The van der Waals surface area contributed by atoms with Crippen LogP contribution < -0.4 is 14.8 Å². The summed E-state index contributed by atoms with van der Waals surface area (Å²) in [7, 11) is 3.44. The molecular weight excluding hydrogens is 330 g/mol. The molecule has 26 heavy (non-hydrogen) atoms. The van der Waals surface area contributed by atoms with E-state index in [4.69, 9.17) is 9.47 Å². The minimum absolute atomic E-state index is 0.119. The Morgan fingerprint density at radius 1 is 1.42 bits per heavy atom. The molecule has 0 bridgehead atoms. The van der Waals surface area contributed by atoms with Gasteiger partial charge in [-0.2, -0.15) is 5.10 Å². The monoisotopic (exact) mass is 357 g/mol. The Hall–Kier alpha value is -2.50. The summed E-state index contributed by atoms with van der Waals surface area (Å²) in [5, 5.41) is 7.58. The van der Waals surface area contributed by atoms with Crippen molar-refractivity contribution in [2.24, 2.45) is 7.05 Å². The van der Waals surface area contributed by atoms with Crippen LogP contribution in [0.15, 0.2) is 24.3 Å². The summed E-state index contributed by atoms with van der Waals surface area (Å²) in [6.45, 7) is 6.15. The van der Waals surface area contributed by atoms with E-state index in [-0.39, 0.29) is 17.6 Å². The number of hydrogen-bond donors (Lipinski definition) is 1. The minimum atomic E-state index is -0.378. The number of ether oxygens (including phenoxy) is 2. The Morgan fingerprint density at radius 3 is 2.88 bits per heavy atom. The smallest absolute Gasteiger partial charge is 0.270 e. The third-order valence-electron chi connectivity index (χ3n) is 4.65. The lowest BCUT2D eigenvalue weighted by Crippen LogP contribution is -2.41. The third-order valence-corrected chi connectivity index (χ3v) is 4.65. The summed E-state index contributed by atoms with van der Waals surface area (Å²) in [6.07, 6.45) is 2.56. The quantitative estimate of drug-likeness (QED) is 0.890. The van der Waals surface area contributed by atoms with Crippen LogP contribution in [0.2, 0.25) is 0 Å². The molecule has 1 aromatic carbocycles. The molecule has 0 fully saturated rings. The number of amides is 1. The Balaban J connectivity index is 1.86. The fraction of sp³-hybridized carbons (Fsp3) is 0.500. The number of methoxy groups -OCH3 is 1. The van der Waals surface area contributed by atoms with Crippen LogP contribution in [0.25, 0.3) is 0 Å². The molecule has 1 atom stereocenters. The van der Waals surface area contributed by atoms with Gasteiger partial charge in [0.05, 0.1) is 18.8 Å². The van der Waals surface area contributed by atoms with Gasteiger partial charge in [-0.25, -0.2) is 0 Å². The van der Waals surface area contributed by atoms with E-state index in [1.165, 1.54) is 0 Å². The number of benzene rings is 1. The van der Waals surface area contributed by atoms with Crippen molar-refractivity contribution in [3.05, 3.63) is 41.2 Å². The molecule has 0 saturated heterocycles. The highest BCUT2D eigenvalue weighted by molar-refractivity contribution is 5.93. The molecule has 2 aromatic rings. The van der Waals surface area contributed by atoms with Crippen molar-refractivity contribution < 1.29 is 14.3 Å². The van der Waals surface area contributed by atoms with Gasteiger partial charge in [-0.15, -0.1) is 0 Å². The predicted molar refractivity (Wildman–Crippen MR) is 99.7 cm³/mol. The Morgan fingerprint density at radius 2 is 2.19 bits per heavy atom. The van der Waals surface area contributed by atoms with Crippen LogP contribution in [0, 0.1) is 0 Å². The van der Waals surface area contributed by atoms with Crippen LogP contribution in [0.3, 0.4) is 0 Å². The maximum absolute atomic E-state index is 12.9. The zero-order chi connectivity index (χ0) is 18.9. The van der Waals surface area contributed by atoms with Crippen molar-refractivity contribution >= 4 is 5.91 Å². The fourth-order valence-corrected chi connectivity index (χ4v) is 3.44. The molecule has 140 valence electrons. The fourth-order valence-electron chi connectivity index (χ4n) is 3.44. The van der Waals surface area contributed by atoms with Gasteiger partial charge in [0.15, 0.2) is 0 Å². The van der Waals surface area contributed by atoms with Crippen LogP contribution in [-0.4, -0.2) is 28.4 Å². The average Bonchev–Trinajstić information content (AvgIpc) is 2.94. The highest BCUT2D eigenvalue weighted by atomic mass is 16.5. The summed E-state index contributed by atoms with van der Waals surface area (Å²) in [5.74, 6) is 1.37. The first-order valence-corrected chi connectivity index (χ1v) is 9.03. The first-order valence-electron chi connectivity index (χ1n) is 9.03. The molecule has 0 radical (unpaired) electrons. The molecule has 1 N–H and O–H groups in total. The summed E-state index contributed by atoms with van der Waals surface area (Å²) < 4.78 is 13.0. The molecule has 0 aliphatic carbocycles. The molecule has 1 aliphatic rings. The van der Waals surface area contributed by atoms with Gasteiger partial charge < -0.3 is 14.8 Å². The van der Waals surface area contributed by atoms with E-state index in [2.05, 4.69) is 17.3 Å². The van der Waals surface area contributed by atoms with Crippen molar-refractivity contribution in [2.45, 2.75) is 51.7 Å². The highest BCUT2D eigenvalue weighted by Gasteiger charge is 2.35. The second-order valence-corrected chi connectivity index (χ2v) is 7.39. The van der Waals surface area contributed by atoms with Gasteiger partial charge in [0.1, 0.15) is 22.8 Å². The van der Waals surface area contributed by atoms with Gasteiger partial charge in [-0.05, 0) is 38.5 Å². The predicted octanol–water partition coefficient (Wildman–Crippen LogP) is 3.41. The molecule has 0 spiro atoms. The van der Waals surface area contributed by atoms with Crippen molar-refractivity contribution in [2.75, 3.05) is 7.11 Å². The Kier molecular flexibility index (Phi) is 4.94. The third kappa shape index (κ3) is 3.69. The average molecular weight is 357 g/mol. The van der Waals surface area contributed by atoms with E-state index in [9.17, 15) is 4.79 Å². The largest absolute Gasteiger partial charge is 0.497 e. The zero-order valence-corrected chi connectivity index (χ0v) is 16.1. The number of nitrogens with zero attached hydrogens (tertiary/aromatic N) is 2. The van der Waals surface area contributed by atoms with E-state index >= 15 is 0 Å². The number of nitrogens with one attached hydrogen (secondary N) is 1. The summed E-state index contributed by atoms with van der Waals surface area (Å²) in [6, 6.07) is 7.47. The molecule has 6 nitrogen and oxygen atoms in total. The summed E-state index contributed by atoms with van der Waals surface area (Å²) in [5.41, 5.74) is 2.11. The van der Waals surface area contributed by atoms with Crippen LogP contribution in [0.5, 0.6) is 11.5 Å². The number of carbonyl (C=O) groups is 1. The lowest BCUT2D eigenvalue weighted by Gasteiger charge is -2.38. The van der Waals surface area contributed by atoms with Gasteiger partial charge in [0.2, 0.25) is 0 Å². The lowest BCUT2D eigenvalue weighted by atomic mass is 9.89. The van der Waals surface area contributed by atoms with Crippen LogP contribution in [0.4, 0.5) is 0 Å². The number of fused-ring (bicyclic) bond motifs is 1. The van der Waals surface area contributed by atoms with Gasteiger partial charge in [0.25, 0.3) is 5.91 Å². The molecule has 0 saturated carbocycles. The van der Waals surface area contributed by atoms with Crippen molar-refractivity contribution in [3.8, 4) is 11.5 Å². The van der Waals surface area contributed by atoms with Crippen molar-refractivity contribution in [1.82, 2.24) is 15.1 Å². The van der Waals surface area contributed by atoms with Gasteiger partial charge in [-0.1, -0.05) is 13.3 Å². The van der Waals surface area contributed by atoms with Gasteiger partial charge in [0, 0.05) is 25.1 Å². The molecule has 2 heterocycles. The molecule has 1 aliphatic heterocycles. The normalized spacial score (nSPS) is 18.0. The molecule has 1 aromatic heterocycles. The van der Waals surface area contributed by atoms with Gasteiger partial charge in [-0.3, -0.25) is 9.48 Å². The Labute approximate surface area is 154 Å². The number of hydrogen-bond acceptors (Lipinski definition) is 4. The molecule has 3 rings (SSSR count). The first kappa shape index (κ1) is 18.3. The van der Waals surface area contributed by atoms with Crippen LogP contribution in [0.1, 0.15) is 61.4 Å². The molecule has 0 unspecified atom stereocenters. The maximum atomic E-state index is 12.9. The lowest BCUT2D eigenvalue weighted by molar-refractivity contribution is 0.0614. The maximum Gasteiger partial charge on any atom is 0.270 e. The molecular formula is C20H27N3O3. The SMILES string of the molecule is CCCc1cc(C(=O)N[C@@H]2CC(C)(C)Oc3cc(OC)ccc32)n(C)n1.